The smallest absolute Gasteiger partial charge is 0.123 e. The molecule has 0 amide bonds. The van der Waals surface area contributed by atoms with E-state index in [1.807, 2.05) is 19.1 Å². The molecule has 0 saturated carbocycles. The van der Waals surface area contributed by atoms with Crippen LogP contribution in [0.4, 0.5) is 0 Å². The van der Waals surface area contributed by atoms with Crippen molar-refractivity contribution in [3.8, 4) is 16.3 Å². The van der Waals surface area contributed by atoms with E-state index in [2.05, 4.69) is 16.4 Å². The van der Waals surface area contributed by atoms with Gasteiger partial charge in [-0.25, -0.2) is 4.98 Å². The van der Waals surface area contributed by atoms with Gasteiger partial charge in [-0.2, -0.15) is 0 Å². The van der Waals surface area contributed by atoms with Crippen LogP contribution in [0.15, 0.2) is 23.6 Å². The fourth-order valence-electron chi connectivity index (χ4n) is 1.71. The molecule has 3 nitrogen and oxygen atoms in total. The monoisotopic (exact) mass is 248 g/mol. The number of methoxy groups -OCH3 is 1. The van der Waals surface area contributed by atoms with Crippen LogP contribution in [0.2, 0.25) is 0 Å². The molecule has 1 heterocycles. The highest BCUT2D eigenvalue weighted by Gasteiger charge is 2.06. The summed E-state index contributed by atoms with van der Waals surface area (Å²) in [5.41, 5.74) is 8.85. The van der Waals surface area contributed by atoms with Gasteiger partial charge >= 0.3 is 0 Å². The van der Waals surface area contributed by atoms with Gasteiger partial charge in [-0.05, 0) is 37.2 Å². The van der Waals surface area contributed by atoms with Crippen molar-refractivity contribution in [3.05, 3.63) is 34.8 Å². The van der Waals surface area contributed by atoms with Crippen molar-refractivity contribution in [2.24, 2.45) is 5.73 Å². The Kier molecular flexibility index (Phi) is 3.76. The predicted octanol–water partition coefficient (Wildman–Crippen LogP) is 2.63. The van der Waals surface area contributed by atoms with E-state index < -0.39 is 0 Å². The molecule has 0 unspecified atom stereocenters. The Labute approximate surface area is 105 Å². The van der Waals surface area contributed by atoms with Gasteiger partial charge in [0.2, 0.25) is 0 Å². The van der Waals surface area contributed by atoms with E-state index in [0.717, 1.165) is 34.0 Å². The van der Waals surface area contributed by atoms with E-state index in [0.29, 0.717) is 6.54 Å². The van der Waals surface area contributed by atoms with Gasteiger partial charge in [0, 0.05) is 17.4 Å². The molecule has 0 spiro atoms. The zero-order valence-electron chi connectivity index (χ0n) is 10.1. The van der Waals surface area contributed by atoms with Crippen LogP contribution in [-0.2, 0) is 6.42 Å². The number of hydrogen-bond donors (Lipinski definition) is 1. The van der Waals surface area contributed by atoms with E-state index in [1.165, 1.54) is 0 Å². The molecule has 0 radical (unpaired) electrons. The number of rotatable bonds is 4. The second-order valence-corrected chi connectivity index (χ2v) is 4.73. The molecule has 0 aliphatic rings. The molecule has 0 saturated heterocycles. The van der Waals surface area contributed by atoms with Crippen molar-refractivity contribution in [1.29, 1.82) is 0 Å². The third-order valence-electron chi connectivity index (χ3n) is 2.59. The summed E-state index contributed by atoms with van der Waals surface area (Å²) in [6.45, 7) is 2.68. The van der Waals surface area contributed by atoms with Crippen LogP contribution in [0, 0.1) is 6.92 Å². The lowest BCUT2D eigenvalue weighted by Crippen LogP contribution is -2.02. The first-order valence-corrected chi connectivity index (χ1v) is 6.42. The Hall–Kier alpha value is -1.39. The predicted molar refractivity (Wildman–Crippen MR) is 71.6 cm³/mol. The molecular weight excluding hydrogens is 232 g/mol. The summed E-state index contributed by atoms with van der Waals surface area (Å²) in [7, 11) is 1.69. The SMILES string of the molecule is COc1ccc(-c2nc(CCN)cs2)cc1C. The third-order valence-corrected chi connectivity index (χ3v) is 3.53. The first kappa shape index (κ1) is 12.1. The second kappa shape index (κ2) is 5.29. The molecule has 1 aromatic carbocycles. The third kappa shape index (κ3) is 2.65. The summed E-state index contributed by atoms with van der Waals surface area (Å²) >= 11 is 1.66. The molecule has 90 valence electrons. The van der Waals surface area contributed by atoms with Crippen LogP contribution in [-0.4, -0.2) is 18.6 Å². The van der Waals surface area contributed by atoms with E-state index in [9.17, 15) is 0 Å². The minimum atomic E-state index is 0.644. The molecule has 2 rings (SSSR count). The largest absolute Gasteiger partial charge is 0.496 e. The molecule has 4 heteroatoms. The van der Waals surface area contributed by atoms with Crippen LogP contribution in [0.25, 0.3) is 10.6 Å². The number of nitrogens with two attached hydrogens (primary N) is 1. The van der Waals surface area contributed by atoms with Crippen molar-refractivity contribution in [2.45, 2.75) is 13.3 Å². The van der Waals surface area contributed by atoms with Gasteiger partial charge in [-0.15, -0.1) is 11.3 Å². The van der Waals surface area contributed by atoms with Crippen molar-refractivity contribution in [2.75, 3.05) is 13.7 Å². The number of aryl methyl sites for hydroxylation is 1. The van der Waals surface area contributed by atoms with Gasteiger partial charge in [0.1, 0.15) is 10.8 Å². The summed E-state index contributed by atoms with van der Waals surface area (Å²) in [5.74, 6) is 0.910. The Morgan fingerprint density at radius 1 is 1.41 bits per heavy atom. The Balaban J connectivity index is 2.29. The highest BCUT2D eigenvalue weighted by Crippen LogP contribution is 2.28. The van der Waals surface area contributed by atoms with Crippen LogP contribution >= 0.6 is 11.3 Å². The van der Waals surface area contributed by atoms with E-state index >= 15 is 0 Å². The highest BCUT2D eigenvalue weighted by molar-refractivity contribution is 7.13. The van der Waals surface area contributed by atoms with Crippen LogP contribution in [0.5, 0.6) is 5.75 Å². The average Bonchev–Trinajstić information content (AvgIpc) is 2.78. The lowest BCUT2D eigenvalue weighted by atomic mass is 10.1. The van der Waals surface area contributed by atoms with Gasteiger partial charge in [-0.3, -0.25) is 0 Å². The number of ether oxygens (including phenoxy) is 1. The Morgan fingerprint density at radius 2 is 2.24 bits per heavy atom. The maximum atomic E-state index is 5.52. The summed E-state index contributed by atoms with van der Waals surface area (Å²) in [5, 5.41) is 3.11. The molecule has 0 fully saturated rings. The van der Waals surface area contributed by atoms with Crippen molar-refractivity contribution < 1.29 is 4.74 Å². The molecule has 1 aromatic heterocycles. The van der Waals surface area contributed by atoms with Gasteiger partial charge in [-0.1, -0.05) is 0 Å². The van der Waals surface area contributed by atoms with E-state index in [-0.39, 0.29) is 0 Å². The number of thiazole rings is 1. The zero-order chi connectivity index (χ0) is 12.3. The lowest BCUT2D eigenvalue weighted by molar-refractivity contribution is 0.412. The van der Waals surface area contributed by atoms with Crippen molar-refractivity contribution >= 4 is 11.3 Å². The number of benzene rings is 1. The Bertz CT molecular complexity index is 508. The first-order chi connectivity index (χ1) is 8.24. The maximum absolute atomic E-state index is 5.52. The van der Waals surface area contributed by atoms with Crippen molar-refractivity contribution in [1.82, 2.24) is 4.98 Å². The summed E-state index contributed by atoms with van der Waals surface area (Å²) in [6, 6.07) is 6.12. The topological polar surface area (TPSA) is 48.1 Å². The minimum absolute atomic E-state index is 0.644. The summed E-state index contributed by atoms with van der Waals surface area (Å²) < 4.78 is 5.25. The molecule has 0 aliphatic heterocycles. The van der Waals surface area contributed by atoms with Gasteiger partial charge < -0.3 is 10.5 Å². The van der Waals surface area contributed by atoms with Crippen molar-refractivity contribution in [3.63, 3.8) is 0 Å². The van der Waals surface area contributed by atoms with Gasteiger partial charge in [0.05, 0.1) is 12.8 Å². The lowest BCUT2D eigenvalue weighted by Gasteiger charge is -2.05. The van der Waals surface area contributed by atoms with E-state index in [4.69, 9.17) is 10.5 Å². The minimum Gasteiger partial charge on any atom is -0.496 e. The average molecular weight is 248 g/mol. The highest BCUT2D eigenvalue weighted by atomic mass is 32.1. The first-order valence-electron chi connectivity index (χ1n) is 5.54. The number of hydrogen-bond acceptors (Lipinski definition) is 4. The zero-order valence-corrected chi connectivity index (χ0v) is 10.9. The molecule has 0 atom stereocenters. The molecule has 0 bridgehead atoms. The fraction of sp³-hybridized carbons (Fsp3) is 0.308. The summed E-state index contributed by atoms with van der Waals surface area (Å²) in [4.78, 5) is 4.56. The molecule has 2 N–H and O–H groups in total. The maximum Gasteiger partial charge on any atom is 0.123 e. The summed E-state index contributed by atoms with van der Waals surface area (Å²) in [6.07, 6.45) is 0.839. The molecular formula is C13H16N2OS. The Morgan fingerprint density at radius 3 is 2.88 bits per heavy atom. The second-order valence-electron chi connectivity index (χ2n) is 3.87. The molecule has 17 heavy (non-hydrogen) atoms. The standard InChI is InChI=1S/C13H16N2OS/c1-9-7-10(3-4-12(9)16-2)13-15-11(5-6-14)8-17-13/h3-4,7-8H,5-6,14H2,1-2H3. The fourth-order valence-corrected chi connectivity index (χ4v) is 2.56. The van der Waals surface area contributed by atoms with Gasteiger partial charge in [0.15, 0.2) is 0 Å². The van der Waals surface area contributed by atoms with Crippen LogP contribution < -0.4 is 10.5 Å². The quantitative estimate of drug-likeness (QED) is 0.904. The van der Waals surface area contributed by atoms with Crippen LogP contribution in [0.1, 0.15) is 11.3 Å². The molecule has 2 aromatic rings. The van der Waals surface area contributed by atoms with Gasteiger partial charge in [0.25, 0.3) is 0 Å². The normalized spacial score (nSPS) is 10.5. The van der Waals surface area contributed by atoms with Crippen LogP contribution in [0.3, 0.4) is 0 Å². The van der Waals surface area contributed by atoms with E-state index in [1.54, 1.807) is 18.4 Å². The number of aromatic nitrogens is 1. The number of nitrogens with zero attached hydrogens (tertiary/aromatic N) is 1. The molecule has 0 aliphatic carbocycles.